The molecule has 1 aliphatic rings. The molecule has 5 nitrogen and oxygen atoms in total. The second kappa shape index (κ2) is 6.99. The number of rotatable bonds is 4. The monoisotopic (exact) mass is 263 g/mol. The average Bonchev–Trinajstić information content (AvgIpc) is 2.48. The molecule has 1 aromatic carbocycles. The number of para-hydroxylation sites is 1. The maximum Gasteiger partial charge on any atom is 0.406 e. The summed E-state index contributed by atoms with van der Waals surface area (Å²) in [4.78, 5) is 15.7. The van der Waals surface area contributed by atoms with E-state index in [9.17, 15) is 4.79 Å². The SMILES string of the molecule is COC(=O)NCCN1CCN(c2ccccc2)CC1. The lowest BCUT2D eigenvalue weighted by atomic mass is 10.2. The largest absolute Gasteiger partial charge is 0.453 e. The van der Waals surface area contributed by atoms with Crippen LogP contribution >= 0.6 is 0 Å². The summed E-state index contributed by atoms with van der Waals surface area (Å²) in [5, 5.41) is 2.71. The van der Waals surface area contributed by atoms with Crippen LogP contribution in [0, 0.1) is 0 Å². The molecule has 0 unspecified atom stereocenters. The van der Waals surface area contributed by atoms with Crippen LogP contribution in [-0.4, -0.2) is 57.4 Å². The van der Waals surface area contributed by atoms with Gasteiger partial charge in [-0.3, -0.25) is 4.90 Å². The highest BCUT2D eigenvalue weighted by Gasteiger charge is 2.16. The van der Waals surface area contributed by atoms with E-state index >= 15 is 0 Å². The van der Waals surface area contributed by atoms with Crippen LogP contribution in [0.15, 0.2) is 30.3 Å². The topological polar surface area (TPSA) is 44.8 Å². The average molecular weight is 263 g/mol. The predicted octanol–water partition coefficient (Wildman–Crippen LogP) is 1.16. The molecule has 5 heteroatoms. The summed E-state index contributed by atoms with van der Waals surface area (Å²) in [7, 11) is 1.38. The smallest absolute Gasteiger partial charge is 0.406 e. The van der Waals surface area contributed by atoms with Crippen LogP contribution in [0.3, 0.4) is 0 Å². The number of alkyl carbamates (subject to hydrolysis) is 1. The maximum atomic E-state index is 10.9. The van der Waals surface area contributed by atoms with E-state index in [0.29, 0.717) is 6.54 Å². The van der Waals surface area contributed by atoms with Crippen molar-refractivity contribution in [1.29, 1.82) is 0 Å². The first-order chi connectivity index (χ1) is 9.29. The highest BCUT2D eigenvalue weighted by atomic mass is 16.5. The van der Waals surface area contributed by atoms with Gasteiger partial charge >= 0.3 is 6.09 Å². The van der Waals surface area contributed by atoms with E-state index in [1.54, 1.807) is 0 Å². The van der Waals surface area contributed by atoms with Gasteiger partial charge in [0.15, 0.2) is 0 Å². The summed E-state index contributed by atoms with van der Waals surface area (Å²) in [6, 6.07) is 10.5. The van der Waals surface area contributed by atoms with Crippen LogP contribution in [0.4, 0.5) is 10.5 Å². The molecule has 1 heterocycles. The van der Waals surface area contributed by atoms with Crippen molar-refractivity contribution in [3.05, 3.63) is 30.3 Å². The third-order valence-corrected chi connectivity index (χ3v) is 3.38. The van der Waals surface area contributed by atoms with Crippen molar-refractivity contribution in [2.75, 3.05) is 51.3 Å². The molecule has 104 valence electrons. The molecule has 2 rings (SSSR count). The highest BCUT2D eigenvalue weighted by molar-refractivity contribution is 5.66. The Labute approximate surface area is 114 Å². The van der Waals surface area contributed by atoms with Gasteiger partial charge in [0.1, 0.15) is 0 Å². The van der Waals surface area contributed by atoms with Gasteiger partial charge in [0.05, 0.1) is 7.11 Å². The number of benzene rings is 1. The molecule has 1 aliphatic heterocycles. The Morgan fingerprint density at radius 2 is 1.89 bits per heavy atom. The van der Waals surface area contributed by atoms with Crippen LogP contribution < -0.4 is 10.2 Å². The van der Waals surface area contributed by atoms with Gasteiger partial charge in [0, 0.05) is 45.0 Å². The molecular weight excluding hydrogens is 242 g/mol. The lowest BCUT2D eigenvalue weighted by Gasteiger charge is -2.36. The number of nitrogens with zero attached hydrogens (tertiary/aromatic N) is 2. The van der Waals surface area contributed by atoms with Crippen molar-refractivity contribution >= 4 is 11.8 Å². The van der Waals surface area contributed by atoms with Crippen LogP contribution in [-0.2, 0) is 4.74 Å². The van der Waals surface area contributed by atoms with Gasteiger partial charge in [-0.15, -0.1) is 0 Å². The fraction of sp³-hybridized carbons (Fsp3) is 0.500. The quantitative estimate of drug-likeness (QED) is 0.885. The number of nitrogens with one attached hydrogen (secondary N) is 1. The minimum absolute atomic E-state index is 0.358. The molecule has 0 saturated carbocycles. The molecule has 0 spiro atoms. The standard InChI is InChI=1S/C14H21N3O2/c1-19-14(18)15-7-8-16-9-11-17(12-10-16)13-5-3-2-4-6-13/h2-6H,7-12H2,1H3,(H,15,18). The van der Waals surface area contributed by atoms with Crippen molar-refractivity contribution in [3.8, 4) is 0 Å². The summed E-state index contributed by atoms with van der Waals surface area (Å²) in [6.45, 7) is 5.62. The zero-order valence-corrected chi connectivity index (χ0v) is 11.3. The van der Waals surface area contributed by atoms with Gasteiger partial charge in [-0.2, -0.15) is 0 Å². The molecule has 0 aromatic heterocycles. The van der Waals surface area contributed by atoms with E-state index in [0.717, 1.165) is 32.7 Å². The molecule has 1 aromatic rings. The molecule has 1 amide bonds. The summed E-state index contributed by atoms with van der Waals surface area (Å²) in [6.07, 6.45) is -0.358. The zero-order chi connectivity index (χ0) is 13.5. The van der Waals surface area contributed by atoms with Gasteiger partial charge in [0.25, 0.3) is 0 Å². The van der Waals surface area contributed by atoms with Crippen LogP contribution in [0.25, 0.3) is 0 Å². The van der Waals surface area contributed by atoms with Gasteiger partial charge < -0.3 is 15.0 Å². The third kappa shape index (κ3) is 4.13. The van der Waals surface area contributed by atoms with Crippen molar-refractivity contribution in [1.82, 2.24) is 10.2 Å². The lowest BCUT2D eigenvalue weighted by molar-refractivity contribution is 0.168. The first-order valence-corrected chi connectivity index (χ1v) is 6.64. The number of carbonyl (C=O) groups is 1. The summed E-state index contributed by atoms with van der Waals surface area (Å²) in [5.74, 6) is 0. The number of amides is 1. The van der Waals surface area contributed by atoms with Crippen LogP contribution in [0.1, 0.15) is 0 Å². The van der Waals surface area contributed by atoms with E-state index in [4.69, 9.17) is 0 Å². The zero-order valence-electron chi connectivity index (χ0n) is 11.3. The summed E-state index contributed by atoms with van der Waals surface area (Å²) < 4.78 is 4.54. The molecule has 0 radical (unpaired) electrons. The predicted molar refractivity (Wildman–Crippen MR) is 75.5 cm³/mol. The van der Waals surface area contributed by atoms with Crippen molar-refractivity contribution in [2.45, 2.75) is 0 Å². The minimum Gasteiger partial charge on any atom is -0.453 e. The third-order valence-electron chi connectivity index (χ3n) is 3.38. The Morgan fingerprint density at radius 3 is 2.53 bits per heavy atom. The van der Waals surface area contributed by atoms with Crippen molar-refractivity contribution in [3.63, 3.8) is 0 Å². The van der Waals surface area contributed by atoms with Gasteiger partial charge in [0.2, 0.25) is 0 Å². The number of anilines is 1. The number of hydrogen-bond donors (Lipinski definition) is 1. The minimum atomic E-state index is -0.358. The second-order valence-corrected chi connectivity index (χ2v) is 4.58. The molecule has 1 saturated heterocycles. The first-order valence-electron chi connectivity index (χ1n) is 6.64. The van der Waals surface area contributed by atoms with E-state index in [1.807, 2.05) is 6.07 Å². The van der Waals surface area contributed by atoms with Gasteiger partial charge in [-0.1, -0.05) is 18.2 Å². The molecule has 1 fully saturated rings. The van der Waals surface area contributed by atoms with Crippen molar-refractivity contribution < 1.29 is 9.53 Å². The fourth-order valence-electron chi connectivity index (χ4n) is 2.26. The van der Waals surface area contributed by atoms with Gasteiger partial charge in [-0.25, -0.2) is 4.79 Å². The normalized spacial score (nSPS) is 16.2. The van der Waals surface area contributed by atoms with Crippen molar-refractivity contribution in [2.24, 2.45) is 0 Å². The number of carbonyl (C=O) groups excluding carboxylic acids is 1. The van der Waals surface area contributed by atoms with Crippen LogP contribution in [0.2, 0.25) is 0 Å². The van der Waals surface area contributed by atoms with Gasteiger partial charge in [-0.05, 0) is 12.1 Å². The number of piperazine rings is 1. The Hall–Kier alpha value is -1.75. The Kier molecular flexibility index (Phi) is 5.03. The number of hydrogen-bond acceptors (Lipinski definition) is 4. The molecular formula is C14H21N3O2. The van der Waals surface area contributed by atoms with E-state index in [1.165, 1.54) is 12.8 Å². The first kappa shape index (κ1) is 13.7. The number of methoxy groups -OCH3 is 1. The van der Waals surface area contributed by atoms with E-state index in [2.05, 4.69) is 44.1 Å². The number of ether oxygens (including phenoxy) is 1. The Morgan fingerprint density at radius 1 is 1.21 bits per heavy atom. The Balaban J connectivity index is 1.69. The lowest BCUT2D eigenvalue weighted by Crippen LogP contribution is -2.48. The summed E-state index contributed by atoms with van der Waals surface area (Å²) >= 11 is 0. The second-order valence-electron chi connectivity index (χ2n) is 4.58. The highest BCUT2D eigenvalue weighted by Crippen LogP contribution is 2.15. The van der Waals surface area contributed by atoms with E-state index in [-0.39, 0.29) is 6.09 Å². The Bertz CT molecular complexity index is 389. The van der Waals surface area contributed by atoms with E-state index < -0.39 is 0 Å². The molecule has 0 aliphatic carbocycles. The maximum absolute atomic E-state index is 10.9. The molecule has 1 N–H and O–H groups in total. The fourth-order valence-corrected chi connectivity index (χ4v) is 2.26. The molecule has 0 bridgehead atoms. The summed E-state index contributed by atoms with van der Waals surface area (Å²) in [5.41, 5.74) is 1.29. The van der Waals surface area contributed by atoms with Crippen LogP contribution in [0.5, 0.6) is 0 Å². The molecule has 0 atom stereocenters. The molecule has 19 heavy (non-hydrogen) atoms.